The number of pyridine rings is 1. The second kappa shape index (κ2) is 9.12. The molecule has 21 heavy (non-hydrogen) atoms. The molecule has 0 aromatic carbocycles. The van der Waals surface area contributed by atoms with Crippen molar-refractivity contribution in [1.29, 1.82) is 0 Å². The van der Waals surface area contributed by atoms with Gasteiger partial charge in [-0.25, -0.2) is 18.1 Å². The third-order valence-electron chi connectivity index (χ3n) is 3.19. The lowest BCUT2D eigenvalue weighted by atomic mass is 9.94. The first kappa shape index (κ1) is 20.9. The topological polar surface area (TPSA) is 71.1 Å². The predicted octanol–water partition coefficient (Wildman–Crippen LogP) is 1.79. The molecule has 1 aromatic heterocycles. The predicted molar refractivity (Wildman–Crippen MR) is 90.2 cm³/mol. The number of nitrogens with one attached hydrogen (secondary N) is 2. The smallest absolute Gasteiger partial charge is 0.209 e. The zero-order chi connectivity index (χ0) is 13.9. The van der Waals surface area contributed by atoms with Gasteiger partial charge < -0.3 is 5.32 Å². The Kier molecular flexibility index (Phi) is 9.08. The number of hydrogen-bond donors (Lipinski definition) is 2. The highest BCUT2D eigenvalue weighted by Crippen LogP contribution is 2.15. The van der Waals surface area contributed by atoms with E-state index in [-0.39, 0.29) is 36.9 Å². The van der Waals surface area contributed by atoms with Gasteiger partial charge in [0.25, 0.3) is 0 Å². The van der Waals surface area contributed by atoms with Gasteiger partial charge in [0.15, 0.2) is 0 Å². The molecule has 0 unspecified atom stereocenters. The van der Waals surface area contributed by atoms with Crippen LogP contribution in [0.5, 0.6) is 0 Å². The molecule has 0 amide bonds. The van der Waals surface area contributed by atoms with E-state index < -0.39 is 10.0 Å². The van der Waals surface area contributed by atoms with Gasteiger partial charge in [-0.1, -0.05) is 17.7 Å². The van der Waals surface area contributed by atoms with E-state index in [0.29, 0.717) is 5.15 Å². The summed E-state index contributed by atoms with van der Waals surface area (Å²) in [6.45, 7) is 0.910. The fraction of sp³-hybridized carbons (Fsp3) is 0.583. The van der Waals surface area contributed by atoms with Crippen molar-refractivity contribution < 1.29 is 8.42 Å². The molecule has 1 fully saturated rings. The van der Waals surface area contributed by atoms with Crippen LogP contribution in [0.3, 0.4) is 0 Å². The minimum Gasteiger partial charge on any atom is -0.312 e. The second-order valence-corrected chi connectivity index (χ2v) is 7.06. The molecule has 9 heteroatoms. The van der Waals surface area contributed by atoms with Gasteiger partial charge in [-0.05, 0) is 37.4 Å². The zero-order valence-electron chi connectivity index (χ0n) is 11.6. The van der Waals surface area contributed by atoms with E-state index in [0.717, 1.165) is 31.4 Å². The third-order valence-corrected chi connectivity index (χ3v) is 4.15. The standard InChI is InChI=1S/C12H18ClN3O2S.2ClH/c1-19(17,18)16-10-3-2-6-14-11(10)7-9-4-5-12(13)15-8-9;;/h4-5,8,10-11,14,16H,2-3,6-7H2,1H3;2*1H/t10-,11-;;/m1../s1. The van der Waals surface area contributed by atoms with Gasteiger partial charge in [0.2, 0.25) is 10.0 Å². The van der Waals surface area contributed by atoms with Crippen molar-refractivity contribution in [3.63, 3.8) is 0 Å². The first-order valence-electron chi connectivity index (χ1n) is 6.25. The Balaban J connectivity index is 0.00000200. The van der Waals surface area contributed by atoms with Crippen LogP contribution in [-0.4, -0.2) is 38.3 Å². The minimum atomic E-state index is -3.18. The molecule has 1 aliphatic rings. The van der Waals surface area contributed by atoms with E-state index in [4.69, 9.17) is 11.6 Å². The number of rotatable bonds is 4. The maximum absolute atomic E-state index is 11.4. The molecule has 2 atom stereocenters. The van der Waals surface area contributed by atoms with Crippen molar-refractivity contribution in [1.82, 2.24) is 15.0 Å². The van der Waals surface area contributed by atoms with Crippen LogP contribution in [0.4, 0.5) is 0 Å². The average Bonchev–Trinajstić information content (AvgIpc) is 2.33. The summed E-state index contributed by atoms with van der Waals surface area (Å²) in [6, 6.07) is 3.69. The molecule has 122 valence electrons. The molecule has 0 radical (unpaired) electrons. The van der Waals surface area contributed by atoms with Crippen molar-refractivity contribution in [2.45, 2.75) is 31.3 Å². The Morgan fingerprint density at radius 1 is 1.43 bits per heavy atom. The van der Waals surface area contributed by atoms with E-state index in [9.17, 15) is 8.42 Å². The average molecular weight is 377 g/mol. The van der Waals surface area contributed by atoms with E-state index in [1.54, 1.807) is 12.3 Å². The lowest BCUT2D eigenvalue weighted by Gasteiger charge is -2.32. The minimum absolute atomic E-state index is 0. The Morgan fingerprint density at radius 2 is 2.14 bits per heavy atom. The van der Waals surface area contributed by atoms with Crippen molar-refractivity contribution in [2.75, 3.05) is 12.8 Å². The zero-order valence-corrected chi connectivity index (χ0v) is 14.8. The van der Waals surface area contributed by atoms with Crippen LogP contribution in [0.1, 0.15) is 18.4 Å². The molecular weight excluding hydrogens is 357 g/mol. The molecule has 2 N–H and O–H groups in total. The summed E-state index contributed by atoms with van der Waals surface area (Å²) in [5.74, 6) is 0. The summed E-state index contributed by atoms with van der Waals surface area (Å²) in [4.78, 5) is 4.04. The molecule has 1 aliphatic heterocycles. The number of piperidine rings is 1. The van der Waals surface area contributed by atoms with Crippen LogP contribution < -0.4 is 10.0 Å². The van der Waals surface area contributed by atoms with Crippen LogP contribution in [0.2, 0.25) is 5.15 Å². The van der Waals surface area contributed by atoms with E-state index in [1.165, 1.54) is 6.26 Å². The first-order chi connectivity index (χ1) is 8.94. The lowest BCUT2D eigenvalue weighted by molar-refractivity contribution is 0.329. The van der Waals surface area contributed by atoms with Crippen LogP contribution in [0.15, 0.2) is 18.3 Å². The van der Waals surface area contributed by atoms with E-state index in [1.807, 2.05) is 6.07 Å². The maximum Gasteiger partial charge on any atom is 0.209 e. The number of halogens is 3. The lowest BCUT2D eigenvalue weighted by Crippen LogP contribution is -2.54. The molecule has 2 heterocycles. The Hall–Kier alpha value is -0.110. The van der Waals surface area contributed by atoms with Gasteiger partial charge in [0, 0.05) is 18.3 Å². The van der Waals surface area contributed by atoms with Crippen molar-refractivity contribution in [3.8, 4) is 0 Å². The molecule has 0 saturated carbocycles. The monoisotopic (exact) mass is 375 g/mol. The number of aromatic nitrogens is 1. The Labute approximate surface area is 143 Å². The summed E-state index contributed by atoms with van der Waals surface area (Å²) in [5, 5.41) is 3.83. The molecule has 2 rings (SSSR count). The summed E-state index contributed by atoms with van der Waals surface area (Å²) in [6.07, 6.45) is 5.49. The molecule has 0 bridgehead atoms. The van der Waals surface area contributed by atoms with Gasteiger partial charge >= 0.3 is 0 Å². The number of nitrogens with zero attached hydrogens (tertiary/aromatic N) is 1. The molecule has 1 saturated heterocycles. The van der Waals surface area contributed by atoms with Crippen LogP contribution in [0.25, 0.3) is 0 Å². The molecule has 0 aliphatic carbocycles. The van der Waals surface area contributed by atoms with Gasteiger partial charge in [0.05, 0.1) is 6.26 Å². The highest BCUT2D eigenvalue weighted by molar-refractivity contribution is 7.88. The van der Waals surface area contributed by atoms with Gasteiger partial charge in [-0.3, -0.25) is 0 Å². The number of hydrogen-bond acceptors (Lipinski definition) is 4. The Bertz CT molecular complexity index is 525. The summed E-state index contributed by atoms with van der Waals surface area (Å²) >= 11 is 5.75. The largest absolute Gasteiger partial charge is 0.312 e. The maximum atomic E-state index is 11.4. The summed E-state index contributed by atoms with van der Waals surface area (Å²) in [5.41, 5.74) is 1.05. The fourth-order valence-electron chi connectivity index (χ4n) is 2.36. The van der Waals surface area contributed by atoms with Crippen LogP contribution in [0, 0.1) is 0 Å². The molecule has 5 nitrogen and oxygen atoms in total. The third kappa shape index (κ3) is 7.13. The van der Waals surface area contributed by atoms with Gasteiger partial charge in [0.1, 0.15) is 5.15 Å². The molecule has 0 spiro atoms. The highest BCUT2D eigenvalue weighted by atomic mass is 35.5. The molecule has 1 aromatic rings. The van der Waals surface area contributed by atoms with Crippen molar-refractivity contribution >= 4 is 46.4 Å². The SMILES string of the molecule is CS(=O)(=O)N[C@@H]1CCCN[C@@H]1Cc1ccc(Cl)nc1.Cl.Cl. The van der Waals surface area contributed by atoms with E-state index >= 15 is 0 Å². The van der Waals surface area contributed by atoms with Crippen LogP contribution in [-0.2, 0) is 16.4 Å². The fourth-order valence-corrected chi connectivity index (χ4v) is 3.31. The van der Waals surface area contributed by atoms with Gasteiger partial charge in [-0.2, -0.15) is 0 Å². The molecular formula is C12H20Cl3N3O2S. The highest BCUT2D eigenvalue weighted by Gasteiger charge is 2.27. The first-order valence-corrected chi connectivity index (χ1v) is 8.52. The normalized spacial score (nSPS) is 22.0. The van der Waals surface area contributed by atoms with Crippen molar-refractivity contribution in [3.05, 3.63) is 29.0 Å². The quantitative estimate of drug-likeness (QED) is 0.786. The Morgan fingerprint density at radius 3 is 2.71 bits per heavy atom. The van der Waals surface area contributed by atoms with Crippen molar-refractivity contribution in [2.24, 2.45) is 0 Å². The van der Waals surface area contributed by atoms with Gasteiger partial charge in [-0.15, -0.1) is 24.8 Å². The second-order valence-electron chi connectivity index (χ2n) is 4.89. The van der Waals surface area contributed by atoms with Crippen LogP contribution >= 0.6 is 36.4 Å². The summed E-state index contributed by atoms with van der Waals surface area (Å²) in [7, 11) is -3.18. The van der Waals surface area contributed by atoms with E-state index in [2.05, 4.69) is 15.0 Å². The summed E-state index contributed by atoms with van der Waals surface area (Å²) < 4.78 is 25.4. The number of sulfonamides is 1.